The van der Waals surface area contributed by atoms with Gasteiger partial charge in [-0.05, 0) is 13.5 Å². The first-order valence-electron chi connectivity index (χ1n) is 3.18. The van der Waals surface area contributed by atoms with Gasteiger partial charge in [0.05, 0.1) is 5.54 Å². The standard InChI is InChI=1S/C6H11N2/c1-8-3-2-6(8)4-7-5-6/h2-5H2,1H3. The molecule has 0 saturated carbocycles. The van der Waals surface area contributed by atoms with Crippen LogP contribution in [0.5, 0.6) is 0 Å². The Labute approximate surface area is 49.9 Å². The van der Waals surface area contributed by atoms with Crippen LogP contribution in [-0.4, -0.2) is 37.1 Å². The van der Waals surface area contributed by atoms with E-state index in [1.165, 1.54) is 13.0 Å². The van der Waals surface area contributed by atoms with Crippen molar-refractivity contribution in [3.8, 4) is 0 Å². The van der Waals surface area contributed by atoms with E-state index in [4.69, 9.17) is 0 Å². The molecule has 0 aromatic carbocycles. The van der Waals surface area contributed by atoms with Crippen molar-refractivity contribution in [2.24, 2.45) is 0 Å². The second-order valence-corrected chi connectivity index (χ2v) is 2.94. The molecule has 2 fully saturated rings. The topological polar surface area (TPSA) is 17.3 Å². The predicted octanol–water partition coefficient (Wildman–Crippen LogP) is -0.321. The van der Waals surface area contributed by atoms with Crippen LogP contribution in [0.4, 0.5) is 0 Å². The molecule has 2 nitrogen and oxygen atoms in total. The summed E-state index contributed by atoms with van der Waals surface area (Å²) in [6.45, 7) is 3.49. The Balaban J connectivity index is 2.03. The lowest BCUT2D eigenvalue weighted by Gasteiger charge is -2.56. The van der Waals surface area contributed by atoms with E-state index in [0.29, 0.717) is 5.54 Å². The maximum atomic E-state index is 4.20. The smallest absolute Gasteiger partial charge is 0.0500 e. The monoisotopic (exact) mass is 111 g/mol. The largest absolute Gasteiger partial charge is 0.298 e. The van der Waals surface area contributed by atoms with Gasteiger partial charge in [-0.25, -0.2) is 5.32 Å². The van der Waals surface area contributed by atoms with Crippen LogP contribution >= 0.6 is 0 Å². The molecular weight excluding hydrogens is 100 g/mol. The van der Waals surface area contributed by atoms with Gasteiger partial charge in [0.25, 0.3) is 0 Å². The zero-order chi connectivity index (χ0) is 5.61. The highest BCUT2D eigenvalue weighted by Crippen LogP contribution is 2.32. The maximum absolute atomic E-state index is 4.20. The van der Waals surface area contributed by atoms with Crippen molar-refractivity contribution in [3.05, 3.63) is 0 Å². The van der Waals surface area contributed by atoms with Crippen LogP contribution in [0.3, 0.4) is 0 Å². The molecule has 2 heteroatoms. The summed E-state index contributed by atoms with van der Waals surface area (Å²) in [4.78, 5) is 2.42. The second-order valence-electron chi connectivity index (χ2n) is 2.94. The molecule has 45 valence electrons. The van der Waals surface area contributed by atoms with Crippen LogP contribution in [0.25, 0.3) is 0 Å². The molecule has 0 aromatic heterocycles. The number of likely N-dealkylation sites (tertiary alicyclic amines) is 1. The van der Waals surface area contributed by atoms with Gasteiger partial charge in [0, 0.05) is 19.6 Å². The molecule has 0 bridgehead atoms. The Morgan fingerprint density at radius 2 is 2.25 bits per heavy atom. The van der Waals surface area contributed by atoms with Gasteiger partial charge in [0.2, 0.25) is 0 Å². The number of likely N-dealkylation sites (N-methyl/N-ethyl adjacent to an activating group) is 1. The Bertz CT molecular complexity index is 102. The first-order valence-corrected chi connectivity index (χ1v) is 3.18. The average Bonchev–Trinajstić information content (AvgIpc) is 1.58. The molecule has 2 aliphatic heterocycles. The van der Waals surface area contributed by atoms with Gasteiger partial charge in [-0.3, -0.25) is 4.90 Å². The fourth-order valence-electron chi connectivity index (χ4n) is 1.42. The van der Waals surface area contributed by atoms with Crippen molar-refractivity contribution in [1.82, 2.24) is 10.2 Å². The van der Waals surface area contributed by atoms with Crippen LogP contribution in [0, 0.1) is 0 Å². The Kier molecular flexibility index (Phi) is 0.746. The predicted molar refractivity (Wildman–Crippen MR) is 31.8 cm³/mol. The second kappa shape index (κ2) is 1.25. The summed E-state index contributed by atoms with van der Waals surface area (Å²) in [5.41, 5.74) is 0.569. The van der Waals surface area contributed by atoms with Gasteiger partial charge < -0.3 is 0 Å². The third-order valence-corrected chi connectivity index (χ3v) is 2.53. The zero-order valence-electron chi connectivity index (χ0n) is 5.22. The van der Waals surface area contributed by atoms with Gasteiger partial charge in [-0.2, -0.15) is 0 Å². The molecule has 2 heterocycles. The van der Waals surface area contributed by atoms with E-state index in [2.05, 4.69) is 17.3 Å². The van der Waals surface area contributed by atoms with Crippen molar-refractivity contribution in [3.63, 3.8) is 0 Å². The van der Waals surface area contributed by atoms with Crippen molar-refractivity contribution >= 4 is 0 Å². The maximum Gasteiger partial charge on any atom is 0.0500 e. The van der Waals surface area contributed by atoms with Crippen molar-refractivity contribution < 1.29 is 0 Å². The molecule has 1 spiro atoms. The van der Waals surface area contributed by atoms with Gasteiger partial charge in [-0.1, -0.05) is 0 Å². The lowest BCUT2D eigenvalue weighted by Crippen LogP contribution is -2.72. The highest BCUT2D eigenvalue weighted by molar-refractivity contribution is 5.07. The van der Waals surface area contributed by atoms with Gasteiger partial charge in [0.1, 0.15) is 0 Å². The molecule has 2 saturated heterocycles. The van der Waals surface area contributed by atoms with Crippen LogP contribution in [0.1, 0.15) is 6.42 Å². The summed E-state index contributed by atoms with van der Waals surface area (Å²) in [5, 5.41) is 4.20. The molecule has 1 radical (unpaired) electrons. The Morgan fingerprint density at radius 1 is 1.50 bits per heavy atom. The third-order valence-electron chi connectivity index (χ3n) is 2.53. The van der Waals surface area contributed by atoms with Gasteiger partial charge in [0.15, 0.2) is 0 Å². The minimum Gasteiger partial charge on any atom is -0.298 e. The Hall–Kier alpha value is -0.0800. The Morgan fingerprint density at radius 3 is 2.25 bits per heavy atom. The number of rotatable bonds is 0. The average molecular weight is 111 g/mol. The molecule has 0 aromatic rings. The number of nitrogens with zero attached hydrogens (tertiary/aromatic N) is 2. The van der Waals surface area contributed by atoms with Gasteiger partial charge >= 0.3 is 0 Å². The minimum absolute atomic E-state index is 0.569. The van der Waals surface area contributed by atoms with Crippen LogP contribution < -0.4 is 5.32 Å². The highest BCUT2D eigenvalue weighted by Gasteiger charge is 2.47. The minimum atomic E-state index is 0.569. The summed E-state index contributed by atoms with van der Waals surface area (Å²) in [5.74, 6) is 0. The fraction of sp³-hybridized carbons (Fsp3) is 1.00. The molecule has 8 heavy (non-hydrogen) atoms. The van der Waals surface area contributed by atoms with E-state index in [1.54, 1.807) is 0 Å². The molecule has 0 aliphatic carbocycles. The zero-order valence-corrected chi connectivity index (χ0v) is 5.22. The summed E-state index contributed by atoms with van der Waals surface area (Å²) >= 11 is 0. The van der Waals surface area contributed by atoms with Crippen LogP contribution in [-0.2, 0) is 0 Å². The molecule has 2 aliphatic rings. The van der Waals surface area contributed by atoms with E-state index in [-0.39, 0.29) is 0 Å². The first kappa shape index (κ1) is 4.77. The van der Waals surface area contributed by atoms with Crippen molar-refractivity contribution in [2.45, 2.75) is 12.0 Å². The van der Waals surface area contributed by atoms with E-state index in [0.717, 1.165) is 13.1 Å². The third kappa shape index (κ3) is 0.361. The normalized spacial score (nSPS) is 34.1. The number of hydrogen-bond donors (Lipinski definition) is 0. The van der Waals surface area contributed by atoms with E-state index in [1.807, 2.05) is 0 Å². The first-order chi connectivity index (χ1) is 3.83. The van der Waals surface area contributed by atoms with E-state index in [9.17, 15) is 0 Å². The molecule has 0 atom stereocenters. The van der Waals surface area contributed by atoms with E-state index < -0.39 is 0 Å². The molecular formula is C6H11N2. The summed E-state index contributed by atoms with van der Waals surface area (Å²) in [7, 11) is 2.19. The van der Waals surface area contributed by atoms with Crippen LogP contribution in [0.2, 0.25) is 0 Å². The lowest BCUT2D eigenvalue weighted by atomic mass is 9.80. The van der Waals surface area contributed by atoms with Crippen molar-refractivity contribution in [1.29, 1.82) is 0 Å². The molecule has 0 unspecified atom stereocenters. The summed E-state index contributed by atoms with van der Waals surface area (Å²) < 4.78 is 0. The SMILES string of the molecule is CN1CCC12C[N]C2. The lowest BCUT2D eigenvalue weighted by molar-refractivity contribution is -0.0336. The summed E-state index contributed by atoms with van der Waals surface area (Å²) in [6.07, 6.45) is 1.38. The van der Waals surface area contributed by atoms with Crippen molar-refractivity contribution in [2.75, 3.05) is 26.7 Å². The quantitative estimate of drug-likeness (QED) is 0.419. The number of hydrogen-bond acceptors (Lipinski definition) is 1. The fourth-order valence-corrected chi connectivity index (χ4v) is 1.42. The molecule has 0 amide bonds. The summed E-state index contributed by atoms with van der Waals surface area (Å²) in [6, 6.07) is 0. The highest BCUT2D eigenvalue weighted by atomic mass is 15.3. The van der Waals surface area contributed by atoms with Gasteiger partial charge in [-0.15, -0.1) is 0 Å². The molecule has 2 rings (SSSR count). The molecule has 0 N–H and O–H groups in total. The van der Waals surface area contributed by atoms with Crippen LogP contribution in [0.15, 0.2) is 0 Å². The van der Waals surface area contributed by atoms with E-state index >= 15 is 0 Å².